The van der Waals surface area contributed by atoms with Crippen molar-refractivity contribution in [3.8, 4) is 0 Å². The summed E-state index contributed by atoms with van der Waals surface area (Å²) in [4.78, 5) is 47.3. The van der Waals surface area contributed by atoms with Crippen LogP contribution in [-0.2, 0) is 19.1 Å². The van der Waals surface area contributed by atoms with Crippen molar-refractivity contribution in [1.29, 1.82) is 0 Å². The Morgan fingerprint density at radius 2 is 1.75 bits per heavy atom. The first kappa shape index (κ1) is 16.1. The molecule has 0 aliphatic carbocycles. The number of barbiturate groups is 1. The van der Waals surface area contributed by atoms with Crippen LogP contribution >= 0.6 is 0 Å². The molecule has 7 nitrogen and oxygen atoms in total. The first-order valence-corrected chi connectivity index (χ1v) is 6.70. The van der Waals surface area contributed by atoms with E-state index in [9.17, 15) is 19.2 Å². The van der Waals surface area contributed by atoms with Crippen LogP contribution in [-0.4, -0.2) is 30.4 Å². The van der Waals surface area contributed by atoms with E-state index in [0.717, 1.165) is 6.42 Å². The van der Waals surface area contributed by atoms with Gasteiger partial charge in [-0.1, -0.05) is 20.3 Å². The van der Waals surface area contributed by atoms with Crippen LogP contribution in [0.25, 0.3) is 0 Å². The second-order valence-electron chi connectivity index (χ2n) is 4.88. The zero-order valence-electron chi connectivity index (χ0n) is 11.9. The summed E-state index contributed by atoms with van der Waals surface area (Å²) in [6.45, 7) is 5.44. The van der Waals surface area contributed by atoms with Gasteiger partial charge in [0, 0.05) is 0 Å². The highest BCUT2D eigenvalue weighted by Crippen LogP contribution is 2.37. The van der Waals surface area contributed by atoms with Crippen molar-refractivity contribution in [2.24, 2.45) is 11.3 Å². The summed E-state index contributed by atoms with van der Waals surface area (Å²) in [5.41, 5.74) is -1.59. The molecular weight excluding hydrogens is 264 g/mol. The molecule has 1 unspecified atom stereocenters. The van der Waals surface area contributed by atoms with Gasteiger partial charge in [-0.05, 0) is 19.3 Å². The van der Waals surface area contributed by atoms with Crippen molar-refractivity contribution in [2.45, 2.75) is 40.0 Å². The maximum atomic E-state index is 12.2. The van der Waals surface area contributed by atoms with E-state index >= 15 is 0 Å². The number of imide groups is 2. The van der Waals surface area contributed by atoms with Gasteiger partial charge in [-0.3, -0.25) is 25.0 Å². The monoisotopic (exact) mass is 284 g/mol. The van der Waals surface area contributed by atoms with Crippen LogP contribution < -0.4 is 10.6 Å². The molecule has 1 saturated heterocycles. The average molecular weight is 284 g/mol. The van der Waals surface area contributed by atoms with Crippen molar-refractivity contribution < 1.29 is 23.9 Å². The van der Waals surface area contributed by atoms with Gasteiger partial charge in [0.15, 0.2) is 0 Å². The minimum Gasteiger partial charge on any atom is -0.466 e. The number of ether oxygens (including phenoxy) is 1. The standard InChI is InChI=1S/C13H20N2O5/c1-4-6-8(3)13(7-9(16)20-5-2)10(17)14-12(19)15-11(13)18/h8H,4-7H2,1-3H3,(H2,14,15,17,18,19). The fourth-order valence-corrected chi connectivity index (χ4v) is 2.47. The Morgan fingerprint density at radius 3 is 2.20 bits per heavy atom. The molecule has 0 bridgehead atoms. The number of esters is 1. The summed E-state index contributed by atoms with van der Waals surface area (Å²) >= 11 is 0. The number of carbonyl (C=O) groups is 4. The minimum absolute atomic E-state index is 0.166. The number of carbonyl (C=O) groups excluding carboxylic acids is 4. The number of nitrogens with one attached hydrogen (secondary N) is 2. The third kappa shape index (κ3) is 2.97. The predicted octanol–water partition coefficient (Wildman–Crippen LogP) is 0.728. The van der Waals surface area contributed by atoms with Crippen LogP contribution in [0.1, 0.15) is 40.0 Å². The molecule has 4 amide bonds. The lowest BCUT2D eigenvalue weighted by atomic mass is 9.69. The Morgan fingerprint density at radius 1 is 1.20 bits per heavy atom. The summed E-state index contributed by atoms with van der Waals surface area (Å²) < 4.78 is 4.84. The fourth-order valence-electron chi connectivity index (χ4n) is 2.47. The molecule has 1 atom stereocenters. The Labute approximate surface area is 117 Å². The van der Waals surface area contributed by atoms with E-state index in [1.165, 1.54) is 0 Å². The highest BCUT2D eigenvalue weighted by atomic mass is 16.5. The topological polar surface area (TPSA) is 102 Å². The quantitative estimate of drug-likeness (QED) is 0.553. The molecule has 2 N–H and O–H groups in total. The first-order valence-electron chi connectivity index (χ1n) is 6.70. The van der Waals surface area contributed by atoms with Crippen LogP contribution in [0.4, 0.5) is 4.79 Å². The summed E-state index contributed by atoms with van der Waals surface area (Å²) in [5, 5.41) is 4.14. The van der Waals surface area contributed by atoms with E-state index < -0.39 is 29.2 Å². The summed E-state index contributed by atoms with van der Waals surface area (Å²) in [7, 11) is 0. The van der Waals surface area contributed by atoms with E-state index in [0.29, 0.717) is 6.42 Å². The summed E-state index contributed by atoms with van der Waals surface area (Å²) in [5.74, 6) is -2.49. The predicted molar refractivity (Wildman–Crippen MR) is 69.4 cm³/mol. The number of hydrogen-bond donors (Lipinski definition) is 2. The van der Waals surface area contributed by atoms with Gasteiger partial charge in [0.1, 0.15) is 5.41 Å². The number of rotatable bonds is 6. The van der Waals surface area contributed by atoms with Crippen LogP contribution in [0.15, 0.2) is 0 Å². The summed E-state index contributed by atoms with van der Waals surface area (Å²) in [6, 6.07) is -0.858. The van der Waals surface area contributed by atoms with E-state index in [4.69, 9.17) is 4.74 Å². The molecule has 0 aromatic heterocycles. The van der Waals surface area contributed by atoms with Gasteiger partial charge in [0.25, 0.3) is 0 Å². The minimum atomic E-state index is -1.59. The van der Waals surface area contributed by atoms with Gasteiger partial charge in [-0.2, -0.15) is 0 Å². The normalized spacial score (nSPS) is 19.1. The fraction of sp³-hybridized carbons (Fsp3) is 0.692. The van der Waals surface area contributed by atoms with E-state index in [1.807, 2.05) is 6.92 Å². The van der Waals surface area contributed by atoms with Gasteiger partial charge in [-0.15, -0.1) is 0 Å². The highest BCUT2D eigenvalue weighted by molar-refractivity contribution is 6.20. The number of urea groups is 1. The Bertz CT molecular complexity index is 412. The summed E-state index contributed by atoms with van der Waals surface area (Å²) in [6.07, 6.45) is 0.960. The molecule has 112 valence electrons. The Hall–Kier alpha value is -1.92. The van der Waals surface area contributed by atoms with Crippen LogP contribution in [0, 0.1) is 11.3 Å². The molecule has 1 fully saturated rings. The smallest absolute Gasteiger partial charge is 0.328 e. The number of hydrogen-bond acceptors (Lipinski definition) is 5. The van der Waals surface area contributed by atoms with Crippen LogP contribution in [0.5, 0.6) is 0 Å². The van der Waals surface area contributed by atoms with Crippen molar-refractivity contribution in [1.82, 2.24) is 10.6 Å². The van der Waals surface area contributed by atoms with E-state index in [2.05, 4.69) is 10.6 Å². The molecule has 0 aromatic rings. The van der Waals surface area contributed by atoms with Crippen molar-refractivity contribution in [3.63, 3.8) is 0 Å². The third-order valence-corrected chi connectivity index (χ3v) is 3.56. The molecular formula is C13H20N2O5. The molecule has 1 aliphatic heterocycles. The second-order valence-corrected chi connectivity index (χ2v) is 4.88. The highest BCUT2D eigenvalue weighted by Gasteiger charge is 2.55. The van der Waals surface area contributed by atoms with Gasteiger partial charge < -0.3 is 4.74 Å². The zero-order chi connectivity index (χ0) is 15.3. The molecule has 7 heteroatoms. The largest absolute Gasteiger partial charge is 0.466 e. The molecule has 0 saturated carbocycles. The van der Waals surface area contributed by atoms with Crippen molar-refractivity contribution in [2.75, 3.05) is 6.61 Å². The zero-order valence-corrected chi connectivity index (χ0v) is 11.9. The lowest BCUT2D eigenvalue weighted by molar-refractivity contribution is -0.159. The number of amides is 4. The molecule has 20 heavy (non-hydrogen) atoms. The SMILES string of the molecule is CCCC(C)C1(CC(=O)OCC)C(=O)NC(=O)NC1=O. The van der Waals surface area contributed by atoms with Gasteiger partial charge in [0.05, 0.1) is 13.0 Å². The van der Waals surface area contributed by atoms with Crippen LogP contribution in [0.2, 0.25) is 0 Å². The average Bonchev–Trinajstić information content (AvgIpc) is 2.34. The molecule has 1 aliphatic rings. The second kappa shape index (κ2) is 6.49. The molecule has 1 rings (SSSR count). The van der Waals surface area contributed by atoms with Crippen molar-refractivity contribution >= 4 is 23.8 Å². The molecule has 0 radical (unpaired) electrons. The third-order valence-electron chi connectivity index (χ3n) is 3.56. The maximum Gasteiger partial charge on any atom is 0.328 e. The van der Waals surface area contributed by atoms with E-state index in [-0.39, 0.29) is 18.9 Å². The Kier molecular flexibility index (Phi) is 5.24. The molecule has 0 spiro atoms. The van der Waals surface area contributed by atoms with Crippen LogP contribution in [0.3, 0.4) is 0 Å². The van der Waals surface area contributed by atoms with Gasteiger partial charge >= 0.3 is 12.0 Å². The maximum absolute atomic E-state index is 12.2. The molecule has 0 aromatic carbocycles. The molecule has 1 heterocycles. The lowest BCUT2D eigenvalue weighted by Crippen LogP contribution is -2.65. The van der Waals surface area contributed by atoms with Crippen molar-refractivity contribution in [3.05, 3.63) is 0 Å². The first-order chi connectivity index (χ1) is 9.38. The lowest BCUT2D eigenvalue weighted by Gasteiger charge is -2.37. The Balaban J connectivity index is 3.11. The van der Waals surface area contributed by atoms with Gasteiger partial charge in [-0.25, -0.2) is 4.79 Å². The van der Waals surface area contributed by atoms with Gasteiger partial charge in [0.2, 0.25) is 11.8 Å². The van der Waals surface area contributed by atoms with E-state index in [1.54, 1.807) is 13.8 Å².